The fraction of sp³-hybridized carbons (Fsp3) is 1.00. The number of aliphatic hydroxyl groups excluding tert-OH is 2. The van der Waals surface area contributed by atoms with E-state index in [0.29, 0.717) is 6.42 Å². The molecule has 0 heterocycles. The standard InChI is InChI=1S/C5H12O2.3CH5N/c1-2-5(7)3-4-6;3*1-2/h5-7H,2-4H2,1H3;3*2H2,1H3. The third-order valence-corrected chi connectivity index (χ3v) is 0.934. The van der Waals surface area contributed by atoms with Gasteiger partial charge < -0.3 is 27.4 Å². The number of hydrogen-bond acceptors (Lipinski definition) is 5. The average Bonchev–Trinajstić information content (AvgIpc) is 2.27. The Morgan fingerprint density at radius 1 is 1.00 bits per heavy atom. The molecule has 0 fully saturated rings. The maximum absolute atomic E-state index is 8.70. The Kier molecular flexibility index (Phi) is 72.4. The summed E-state index contributed by atoms with van der Waals surface area (Å²) >= 11 is 0. The highest BCUT2D eigenvalue weighted by Crippen LogP contribution is 1.92. The number of nitrogens with two attached hydrogens (primary N) is 3. The zero-order valence-corrected chi connectivity index (χ0v) is 9.33. The van der Waals surface area contributed by atoms with Crippen molar-refractivity contribution in [1.82, 2.24) is 0 Å². The van der Waals surface area contributed by atoms with Crippen LogP contribution in [0.25, 0.3) is 0 Å². The van der Waals surface area contributed by atoms with Gasteiger partial charge in [0.15, 0.2) is 0 Å². The lowest BCUT2D eigenvalue weighted by molar-refractivity contribution is 0.129. The molecule has 0 radical (unpaired) electrons. The maximum atomic E-state index is 8.70. The van der Waals surface area contributed by atoms with Crippen LogP contribution in [-0.2, 0) is 0 Å². The SMILES string of the molecule is CCC(O)CCO.CN.CN.CN. The van der Waals surface area contributed by atoms with Crippen molar-refractivity contribution < 1.29 is 10.2 Å². The molecular weight excluding hydrogens is 170 g/mol. The Bertz CT molecular complexity index is 48.4. The quantitative estimate of drug-likeness (QED) is 0.392. The molecule has 0 spiro atoms. The van der Waals surface area contributed by atoms with E-state index in [-0.39, 0.29) is 12.7 Å². The van der Waals surface area contributed by atoms with Crippen molar-refractivity contribution in [2.75, 3.05) is 27.7 Å². The normalized spacial score (nSPS) is 9.00. The van der Waals surface area contributed by atoms with Crippen LogP contribution in [0.3, 0.4) is 0 Å². The molecule has 5 nitrogen and oxygen atoms in total. The van der Waals surface area contributed by atoms with Gasteiger partial charge in [0.05, 0.1) is 6.10 Å². The van der Waals surface area contributed by atoms with Crippen molar-refractivity contribution in [3.63, 3.8) is 0 Å². The van der Waals surface area contributed by atoms with Crippen molar-refractivity contribution in [2.24, 2.45) is 17.2 Å². The highest BCUT2D eigenvalue weighted by atomic mass is 16.3. The molecule has 0 amide bonds. The van der Waals surface area contributed by atoms with E-state index >= 15 is 0 Å². The highest BCUT2D eigenvalue weighted by Gasteiger charge is 1.95. The fourth-order valence-corrected chi connectivity index (χ4v) is 0.353. The summed E-state index contributed by atoms with van der Waals surface area (Å²) in [6, 6.07) is 0. The molecule has 0 aliphatic rings. The van der Waals surface area contributed by atoms with Crippen molar-refractivity contribution in [2.45, 2.75) is 25.9 Å². The second-order valence-electron chi connectivity index (χ2n) is 1.57. The van der Waals surface area contributed by atoms with Crippen molar-refractivity contribution >= 4 is 0 Å². The van der Waals surface area contributed by atoms with E-state index in [4.69, 9.17) is 10.2 Å². The third-order valence-electron chi connectivity index (χ3n) is 0.934. The van der Waals surface area contributed by atoms with Gasteiger partial charge in [-0.2, -0.15) is 0 Å². The van der Waals surface area contributed by atoms with E-state index in [1.54, 1.807) is 0 Å². The second kappa shape index (κ2) is 40.9. The summed E-state index contributed by atoms with van der Waals surface area (Å²) in [6.45, 7) is 1.98. The van der Waals surface area contributed by atoms with Gasteiger partial charge in [-0.15, -0.1) is 0 Å². The minimum absolute atomic E-state index is 0.0923. The van der Waals surface area contributed by atoms with Crippen LogP contribution >= 0.6 is 0 Å². The maximum Gasteiger partial charge on any atom is 0.0559 e. The summed E-state index contributed by atoms with van der Waals surface area (Å²) in [4.78, 5) is 0. The minimum Gasteiger partial charge on any atom is -0.396 e. The average molecular weight is 197 g/mol. The number of rotatable bonds is 3. The van der Waals surface area contributed by atoms with Crippen LogP contribution in [-0.4, -0.2) is 44.1 Å². The first-order chi connectivity index (χ1) is 6.31. The molecule has 0 aromatic rings. The van der Waals surface area contributed by atoms with E-state index in [1.807, 2.05) is 6.92 Å². The first kappa shape index (κ1) is 23.0. The highest BCUT2D eigenvalue weighted by molar-refractivity contribution is 4.47. The number of hydrogen-bond donors (Lipinski definition) is 5. The van der Waals surface area contributed by atoms with E-state index in [0.717, 1.165) is 6.42 Å². The van der Waals surface area contributed by atoms with Crippen LogP contribution in [0.15, 0.2) is 0 Å². The largest absolute Gasteiger partial charge is 0.396 e. The molecule has 0 bridgehead atoms. The fourth-order valence-electron chi connectivity index (χ4n) is 0.353. The smallest absolute Gasteiger partial charge is 0.0559 e. The van der Waals surface area contributed by atoms with Gasteiger partial charge in [0.25, 0.3) is 0 Å². The van der Waals surface area contributed by atoms with Gasteiger partial charge in [0.1, 0.15) is 0 Å². The first-order valence-electron chi connectivity index (χ1n) is 4.33. The molecular formula is C8H27N3O2. The molecule has 13 heavy (non-hydrogen) atoms. The molecule has 5 heteroatoms. The van der Waals surface area contributed by atoms with Crippen LogP contribution in [0.2, 0.25) is 0 Å². The molecule has 8 N–H and O–H groups in total. The summed E-state index contributed by atoms with van der Waals surface area (Å²) in [5.74, 6) is 0. The Morgan fingerprint density at radius 3 is 1.38 bits per heavy atom. The zero-order valence-electron chi connectivity index (χ0n) is 9.33. The van der Waals surface area contributed by atoms with Gasteiger partial charge in [-0.1, -0.05) is 6.92 Å². The topological polar surface area (TPSA) is 119 Å². The van der Waals surface area contributed by atoms with Crippen LogP contribution in [0.5, 0.6) is 0 Å². The zero-order chi connectivity index (χ0) is 11.7. The molecule has 0 rings (SSSR count). The van der Waals surface area contributed by atoms with Gasteiger partial charge in [0, 0.05) is 6.61 Å². The molecule has 0 aromatic heterocycles. The van der Waals surface area contributed by atoms with Gasteiger partial charge in [0.2, 0.25) is 0 Å². The summed E-state index contributed by atoms with van der Waals surface area (Å²) in [6.07, 6.45) is 0.946. The molecule has 0 aliphatic heterocycles. The van der Waals surface area contributed by atoms with Crippen molar-refractivity contribution in [1.29, 1.82) is 0 Å². The Hall–Kier alpha value is -0.200. The van der Waals surface area contributed by atoms with E-state index < -0.39 is 0 Å². The Morgan fingerprint density at radius 2 is 1.31 bits per heavy atom. The monoisotopic (exact) mass is 197 g/mol. The lowest BCUT2D eigenvalue weighted by atomic mass is 10.2. The van der Waals surface area contributed by atoms with Crippen LogP contribution < -0.4 is 17.2 Å². The lowest BCUT2D eigenvalue weighted by Crippen LogP contribution is -2.05. The van der Waals surface area contributed by atoms with Gasteiger partial charge >= 0.3 is 0 Å². The van der Waals surface area contributed by atoms with E-state index in [9.17, 15) is 0 Å². The predicted octanol–water partition coefficient (Wildman–Crippen LogP) is -1.14. The summed E-state index contributed by atoms with van der Waals surface area (Å²) in [5.41, 5.74) is 13.5. The first-order valence-corrected chi connectivity index (χ1v) is 4.33. The van der Waals surface area contributed by atoms with Crippen molar-refractivity contribution in [3.8, 4) is 0 Å². The Balaban J connectivity index is -0.0000000573. The van der Waals surface area contributed by atoms with Gasteiger partial charge in [-0.25, -0.2) is 0 Å². The molecule has 0 aliphatic carbocycles. The predicted molar refractivity (Wildman–Crippen MR) is 58.3 cm³/mol. The Labute approximate surface area is 81.9 Å². The molecule has 1 atom stereocenters. The minimum atomic E-state index is -0.301. The lowest BCUT2D eigenvalue weighted by Gasteiger charge is -2.01. The molecule has 0 saturated carbocycles. The molecule has 86 valence electrons. The van der Waals surface area contributed by atoms with Gasteiger partial charge in [-0.3, -0.25) is 0 Å². The van der Waals surface area contributed by atoms with Gasteiger partial charge in [-0.05, 0) is 34.0 Å². The van der Waals surface area contributed by atoms with Crippen LogP contribution in [0, 0.1) is 0 Å². The van der Waals surface area contributed by atoms with Crippen molar-refractivity contribution in [3.05, 3.63) is 0 Å². The summed E-state index contributed by atoms with van der Waals surface area (Å²) in [5, 5.41) is 16.9. The number of aliphatic hydroxyl groups is 2. The van der Waals surface area contributed by atoms with E-state index in [2.05, 4.69) is 17.2 Å². The van der Waals surface area contributed by atoms with Crippen LogP contribution in [0.4, 0.5) is 0 Å². The third kappa shape index (κ3) is 49.2. The van der Waals surface area contributed by atoms with E-state index in [1.165, 1.54) is 21.1 Å². The van der Waals surface area contributed by atoms with Crippen LogP contribution in [0.1, 0.15) is 19.8 Å². The summed E-state index contributed by atoms with van der Waals surface area (Å²) in [7, 11) is 4.50. The molecule has 0 aromatic carbocycles. The molecule has 0 saturated heterocycles. The molecule has 1 unspecified atom stereocenters. The second-order valence-corrected chi connectivity index (χ2v) is 1.57. The summed E-state index contributed by atoms with van der Waals surface area (Å²) < 4.78 is 0.